The third kappa shape index (κ3) is 4.20. The van der Waals surface area contributed by atoms with Crippen molar-refractivity contribution in [2.45, 2.75) is 25.4 Å². The van der Waals surface area contributed by atoms with Gasteiger partial charge in [-0.1, -0.05) is 12.1 Å². The molecule has 3 heterocycles. The van der Waals surface area contributed by atoms with E-state index in [1.165, 1.54) is 5.56 Å². The number of anilines is 2. The molecule has 3 aromatic rings. The Morgan fingerprint density at radius 1 is 1.11 bits per heavy atom. The standard InChI is InChI=1S/C20H22N6O/c1-27-16-6-4-15(5-7-16)14-26-12-2-3-18(26)17-8-9-23-20(24-17)25-19-13-21-10-11-22-19/h4-11,13,18H,2-3,12,14H2,1H3,(H,22,23,24,25). The monoisotopic (exact) mass is 362 g/mol. The van der Waals surface area contributed by atoms with Gasteiger partial charge in [-0.05, 0) is 43.1 Å². The molecule has 1 atom stereocenters. The van der Waals surface area contributed by atoms with Gasteiger partial charge >= 0.3 is 0 Å². The lowest BCUT2D eigenvalue weighted by Gasteiger charge is -2.24. The second-order valence-electron chi connectivity index (χ2n) is 6.50. The molecule has 1 saturated heterocycles. The average Bonchev–Trinajstić information content (AvgIpc) is 3.18. The Labute approximate surface area is 158 Å². The van der Waals surface area contributed by atoms with Gasteiger partial charge in [0.15, 0.2) is 5.82 Å². The molecule has 0 aliphatic carbocycles. The van der Waals surface area contributed by atoms with Gasteiger partial charge < -0.3 is 10.1 Å². The first-order valence-corrected chi connectivity index (χ1v) is 9.05. The molecule has 1 N–H and O–H groups in total. The first-order valence-electron chi connectivity index (χ1n) is 9.05. The van der Waals surface area contributed by atoms with Gasteiger partial charge in [0.2, 0.25) is 5.95 Å². The number of hydrogen-bond donors (Lipinski definition) is 1. The highest BCUT2D eigenvalue weighted by molar-refractivity contribution is 5.45. The lowest BCUT2D eigenvalue weighted by molar-refractivity contribution is 0.244. The van der Waals surface area contributed by atoms with Gasteiger partial charge in [0, 0.05) is 25.1 Å². The van der Waals surface area contributed by atoms with E-state index in [2.05, 4.69) is 37.3 Å². The number of ether oxygens (including phenoxy) is 1. The van der Waals surface area contributed by atoms with E-state index in [-0.39, 0.29) is 6.04 Å². The van der Waals surface area contributed by atoms with Crippen LogP contribution in [0.15, 0.2) is 55.1 Å². The van der Waals surface area contributed by atoms with Crippen molar-refractivity contribution in [3.63, 3.8) is 0 Å². The fourth-order valence-corrected chi connectivity index (χ4v) is 3.41. The number of aromatic nitrogens is 4. The molecule has 27 heavy (non-hydrogen) atoms. The number of rotatable bonds is 6. The van der Waals surface area contributed by atoms with Crippen molar-refractivity contribution >= 4 is 11.8 Å². The number of nitrogens with one attached hydrogen (secondary N) is 1. The largest absolute Gasteiger partial charge is 0.497 e. The van der Waals surface area contributed by atoms with Crippen LogP contribution < -0.4 is 10.1 Å². The van der Waals surface area contributed by atoms with Gasteiger partial charge in [-0.2, -0.15) is 0 Å². The molecule has 7 heteroatoms. The highest BCUT2D eigenvalue weighted by Gasteiger charge is 2.27. The van der Waals surface area contributed by atoms with Crippen LogP contribution in [-0.4, -0.2) is 38.5 Å². The van der Waals surface area contributed by atoms with E-state index in [4.69, 9.17) is 9.72 Å². The van der Waals surface area contributed by atoms with Crippen LogP contribution in [0.5, 0.6) is 5.75 Å². The van der Waals surface area contributed by atoms with E-state index in [1.54, 1.807) is 31.9 Å². The second kappa shape index (κ2) is 8.09. The van der Waals surface area contributed by atoms with Gasteiger partial charge in [0.05, 0.1) is 25.0 Å². The Balaban J connectivity index is 1.48. The minimum Gasteiger partial charge on any atom is -0.497 e. The molecule has 2 aromatic heterocycles. The molecule has 0 bridgehead atoms. The molecule has 7 nitrogen and oxygen atoms in total. The van der Waals surface area contributed by atoms with E-state index < -0.39 is 0 Å². The normalized spacial score (nSPS) is 17.0. The van der Waals surface area contributed by atoms with Crippen molar-refractivity contribution in [3.05, 3.63) is 66.4 Å². The summed E-state index contributed by atoms with van der Waals surface area (Å²) in [5.74, 6) is 2.06. The van der Waals surface area contributed by atoms with Crippen molar-refractivity contribution in [3.8, 4) is 5.75 Å². The summed E-state index contributed by atoms with van der Waals surface area (Å²) in [7, 11) is 1.69. The SMILES string of the molecule is COc1ccc(CN2CCCC2c2ccnc(Nc3cnccn3)n2)cc1. The smallest absolute Gasteiger partial charge is 0.228 e. The third-order valence-corrected chi connectivity index (χ3v) is 4.73. The van der Waals surface area contributed by atoms with Gasteiger partial charge in [-0.25, -0.2) is 15.0 Å². The number of nitrogens with zero attached hydrogens (tertiary/aromatic N) is 5. The minimum atomic E-state index is 0.289. The third-order valence-electron chi connectivity index (χ3n) is 4.73. The van der Waals surface area contributed by atoms with Crippen LogP contribution in [0.3, 0.4) is 0 Å². The zero-order chi connectivity index (χ0) is 18.5. The maximum absolute atomic E-state index is 5.24. The Bertz CT molecular complexity index is 871. The van der Waals surface area contributed by atoms with E-state index in [0.29, 0.717) is 11.8 Å². The van der Waals surface area contributed by atoms with Crippen molar-refractivity contribution in [1.29, 1.82) is 0 Å². The van der Waals surface area contributed by atoms with Crippen LogP contribution in [0.2, 0.25) is 0 Å². The molecule has 1 aliphatic heterocycles. The fraction of sp³-hybridized carbons (Fsp3) is 0.300. The minimum absolute atomic E-state index is 0.289. The molecule has 4 rings (SSSR count). The molecule has 1 unspecified atom stereocenters. The van der Waals surface area contributed by atoms with Crippen LogP contribution in [0.1, 0.15) is 30.1 Å². The maximum Gasteiger partial charge on any atom is 0.228 e. The lowest BCUT2D eigenvalue weighted by atomic mass is 10.1. The Morgan fingerprint density at radius 3 is 2.78 bits per heavy atom. The highest BCUT2D eigenvalue weighted by Crippen LogP contribution is 2.32. The van der Waals surface area contributed by atoms with Crippen LogP contribution >= 0.6 is 0 Å². The van der Waals surface area contributed by atoms with Gasteiger partial charge in [0.1, 0.15) is 5.75 Å². The molecule has 1 aliphatic rings. The summed E-state index contributed by atoms with van der Waals surface area (Å²) in [6.07, 6.45) is 8.99. The van der Waals surface area contributed by atoms with Crippen molar-refractivity contribution < 1.29 is 4.74 Å². The molecule has 0 spiro atoms. The number of benzene rings is 1. The van der Waals surface area contributed by atoms with Crippen LogP contribution in [0, 0.1) is 0 Å². The zero-order valence-corrected chi connectivity index (χ0v) is 15.2. The molecule has 0 saturated carbocycles. The molecule has 1 aromatic carbocycles. The number of hydrogen-bond acceptors (Lipinski definition) is 7. The van der Waals surface area contributed by atoms with Crippen LogP contribution in [-0.2, 0) is 6.54 Å². The quantitative estimate of drug-likeness (QED) is 0.720. The summed E-state index contributed by atoms with van der Waals surface area (Å²) in [6, 6.07) is 10.5. The van der Waals surface area contributed by atoms with Gasteiger partial charge in [-0.3, -0.25) is 9.88 Å². The summed E-state index contributed by atoms with van der Waals surface area (Å²) < 4.78 is 5.24. The molecule has 138 valence electrons. The molecular weight excluding hydrogens is 340 g/mol. The topological polar surface area (TPSA) is 76.1 Å². The lowest BCUT2D eigenvalue weighted by Crippen LogP contribution is -2.23. The molecule has 0 amide bonds. The van der Waals surface area contributed by atoms with Crippen molar-refractivity contribution in [2.75, 3.05) is 19.0 Å². The summed E-state index contributed by atoms with van der Waals surface area (Å²) in [5.41, 5.74) is 2.30. The molecule has 0 radical (unpaired) electrons. The number of likely N-dealkylation sites (tertiary alicyclic amines) is 1. The highest BCUT2D eigenvalue weighted by atomic mass is 16.5. The van der Waals surface area contributed by atoms with Crippen molar-refractivity contribution in [2.24, 2.45) is 0 Å². The Kier molecular flexibility index (Phi) is 5.20. The predicted molar refractivity (Wildman–Crippen MR) is 103 cm³/mol. The second-order valence-corrected chi connectivity index (χ2v) is 6.50. The van der Waals surface area contributed by atoms with Crippen LogP contribution in [0.25, 0.3) is 0 Å². The maximum atomic E-state index is 5.24. The first kappa shape index (κ1) is 17.4. The average molecular weight is 362 g/mol. The van der Waals surface area contributed by atoms with Gasteiger partial charge in [-0.15, -0.1) is 0 Å². The predicted octanol–water partition coefficient (Wildman–Crippen LogP) is 3.36. The summed E-state index contributed by atoms with van der Waals surface area (Å²) in [5, 5.41) is 3.12. The first-order chi connectivity index (χ1) is 13.3. The van der Waals surface area contributed by atoms with E-state index >= 15 is 0 Å². The zero-order valence-electron chi connectivity index (χ0n) is 15.2. The summed E-state index contributed by atoms with van der Waals surface area (Å²) >= 11 is 0. The van der Waals surface area contributed by atoms with E-state index in [9.17, 15) is 0 Å². The number of methoxy groups -OCH3 is 1. The van der Waals surface area contributed by atoms with E-state index in [0.717, 1.165) is 37.4 Å². The van der Waals surface area contributed by atoms with Crippen LogP contribution in [0.4, 0.5) is 11.8 Å². The van der Waals surface area contributed by atoms with Crippen molar-refractivity contribution in [1.82, 2.24) is 24.8 Å². The van der Waals surface area contributed by atoms with Gasteiger partial charge in [0.25, 0.3) is 0 Å². The van der Waals surface area contributed by atoms with E-state index in [1.807, 2.05) is 18.2 Å². The molecule has 1 fully saturated rings. The molecular formula is C20H22N6O. The summed E-state index contributed by atoms with van der Waals surface area (Å²) in [4.78, 5) is 19.8. The summed E-state index contributed by atoms with van der Waals surface area (Å²) in [6.45, 7) is 1.96. The Morgan fingerprint density at radius 2 is 2.00 bits per heavy atom. The fourth-order valence-electron chi connectivity index (χ4n) is 3.41. The Hall–Kier alpha value is -3.06.